The molecule has 2 aromatic heterocycles. The molecule has 1 aliphatic heterocycles. The van der Waals surface area contributed by atoms with Crippen LogP contribution < -0.4 is 5.32 Å². The zero-order valence-corrected chi connectivity index (χ0v) is 15.3. The van der Waals surface area contributed by atoms with E-state index in [4.69, 9.17) is 9.83 Å². The molecule has 5 rings (SSSR count). The van der Waals surface area contributed by atoms with Gasteiger partial charge in [0.2, 0.25) is 0 Å². The normalized spacial score (nSPS) is 17.3. The molecule has 0 bridgehead atoms. The second-order valence-electron chi connectivity index (χ2n) is 7.50. The predicted molar refractivity (Wildman–Crippen MR) is 107 cm³/mol. The van der Waals surface area contributed by atoms with E-state index < -0.39 is 0 Å². The molecule has 4 heteroatoms. The summed E-state index contributed by atoms with van der Waals surface area (Å²) in [5.74, 6) is 2.49. The highest BCUT2D eigenvalue weighted by molar-refractivity contribution is 6.03. The van der Waals surface area contributed by atoms with E-state index in [2.05, 4.69) is 34.6 Å². The summed E-state index contributed by atoms with van der Waals surface area (Å²) < 4.78 is 6.44. The summed E-state index contributed by atoms with van der Waals surface area (Å²) in [7, 11) is 0. The molecule has 0 saturated carbocycles. The fourth-order valence-corrected chi connectivity index (χ4v) is 4.31. The maximum Gasteiger partial charge on any atom is 0.142 e. The molecular formula is C23H23N3O. The Labute approximate surface area is 159 Å². The zero-order valence-electron chi connectivity index (χ0n) is 15.3. The van der Waals surface area contributed by atoms with E-state index in [1.165, 1.54) is 11.1 Å². The van der Waals surface area contributed by atoms with Crippen LogP contribution in [0, 0.1) is 5.41 Å². The van der Waals surface area contributed by atoms with Crippen molar-refractivity contribution < 1.29 is 4.42 Å². The van der Waals surface area contributed by atoms with Gasteiger partial charge in [0.05, 0.1) is 0 Å². The van der Waals surface area contributed by atoms with Crippen molar-refractivity contribution >= 4 is 5.71 Å². The minimum atomic E-state index is 0.475. The molecule has 1 saturated heterocycles. The van der Waals surface area contributed by atoms with E-state index in [1.54, 1.807) is 0 Å². The topological polar surface area (TPSA) is 61.9 Å². The van der Waals surface area contributed by atoms with Gasteiger partial charge in [-0.15, -0.1) is 0 Å². The first-order valence-corrected chi connectivity index (χ1v) is 9.75. The van der Waals surface area contributed by atoms with Crippen LogP contribution >= 0.6 is 0 Å². The quantitative estimate of drug-likeness (QED) is 0.708. The van der Waals surface area contributed by atoms with Crippen LogP contribution in [0.2, 0.25) is 0 Å². The first-order valence-electron chi connectivity index (χ1n) is 9.75. The zero-order chi connectivity index (χ0) is 18.2. The van der Waals surface area contributed by atoms with Crippen LogP contribution in [-0.2, 0) is 6.42 Å². The van der Waals surface area contributed by atoms with Gasteiger partial charge in [0.25, 0.3) is 0 Å². The average molecular weight is 357 g/mol. The van der Waals surface area contributed by atoms with Crippen LogP contribution in [0.5, 0.6) is 0 Å². The second kappa shape index (κ2) is 6.78. The van der Waals surface area contributed by atoms with Crippen LogP contribution in [0.4, 0.5) is 0 Å². The van der Waals surface area contributed by atoms with E-state index >= 15 is 0 Å². The van der Waals surface area contributed by atoms with Crippen molar-refractivity contribution in [2.75, 3.05) is 13.1 Å². The van der Waals surface area contributed by atoms with Crippen molar-refractivity contribution in [3.8, 4) is 22.5 Å². The highest BCUT2D eigenvalue weighted by atomic mass is 16.3. The fourth-order valence-electron chi connectivity index (χ4n) is 4.31. The number of pyridine rings is 1. The second-order valence-corrected chi connectivity index (χ2v) is 7.50. The third-order valence-electron chi connectivity index (χ3n) is 5.82. The number of hydrogen-bond acceptors (Lipinski definition) is 4. The lowest BCUT2D eigenvalue weighted by Gasteiger charge is -2.20. The molecule has 3 aromatic rings. The lowest BCUT2D eigenvalue weighted by atomic mass is 9.93. The van der Waals surface area contributed by atoms with E-state index in [0.29, 0.717) is 5.92 Å². The highest BCUT2D eigenvalue weighted by Gasteiger charge is 2.24. The van der Waals surface area contributed by atoms with Gasteiger partial charge in [0, 0.05) is 35.2 Å². The Morgan fingerprint density at radius 2 is 1.74 bits per heavy atom. The molecule has 0 atom stereocenters. The maximum atomic E-state index is 8.09. The van der Waals surface area contributed by atoms with Crippen molar-refractivity contribution in [3.63, 3.8) is 0 Å². The van der Waals surface area contributed by atoms with Crippen LogP contribution in [-0.4, -0.2) is 23.8 Å². The smallest absolute Gasteiger partial charge is 0.142 e. The Kier molecular flexibility index (Phi) is 4.13. The van der Waals surface area contributed by atoms with Crippen molar-refractivity contribution in [3.05, 3.63) is 65.7 Å². The summed E-state index contributed by atoms with van der Waals surface area (Å²) in [4.78, 5) is 4.15. The number of furan rings is 1. The molecule has 3 heterocycles. The number of aryl methyl sites for hydroxylation is 1. The Balaban J connectivity index is 1.62. The summed E-state index contributed by atoms with van der Waals surface area (Å²) in [6, 6.07) is 12.8. The average Bonchev–Trinajstić information content (AvgIpc) is 3.33. The number of hydrogen-bond donors (Lipinski definition) is 2. The molecule has 136 valence electrons. The SMILES string of the molecule is N=C1CCc2cc(-c3cc(C4CCNCC4)oc3-c3ccncc3)ccc21. The Hall–Kier alpha value is -2.72. The molecule has 1 aliphatic carbocycles. The van der Waals surface area contributed by atoms with Crippen molar-refractivity contribution in [1.29, 1.82) is 5.41 Å². The summed E-state index contributed by atoms with van der Waals surface area (Å²) in [5.41, 5.74) is 6.53. The monoisotopic (exact) mass is 357 g/mol. The number of benzene rings is 1. The molecule has 2 N–H and O–H groups in total. The number of nitrogens with one attached hydrogen (secondary N) is 2. The third-order valence-corrected chi connectivity index (χ3v) is 5.82. The first kappa shape index (κ1) is 16.5. The largest absolute Gasteiger partial charge is 0.460 e. The third kappa shape index (κ3) is 3.00. The van der Waals surface area contributed by atoms with Gasteiger partial charge in [0.1, 0.15) is 11.5 Å². The molecule has 0 unspecified atom stereocenters. The number of nitrogens with zero attached hydrogens (tertiary/aromatic N) is 1. The minimum absolute atomic E-state index is 0.475. The van der Waals surface area contributed by atoms with Crippen LogP contribution in [0.3, 0.4) is 0 Å². The Morgan fingerprint density at radius 1 is 0.926 bits per heavy atom. The summed E-state index contributed by atoms with van der Waals surface area (Å²) in [6.45, 7) is 2.10. The van der Waals surface area contributed by atoms with Gasteiger partial charge >= 0.3 is 0 Å². The maximum absolute atomic E-state index is 8.09. The molecule has 0 spiro atoms. The summed E-state index contributed by atoms with van der Waals surface area (Å²) >= 11 is 0. The van der Waals surface area contributed by atoms with Gasteiger partial charge in [0.15, 0.2) is 0 Å². The van der Waals surface area contributed by atoms with E-state index in [0.717, 1.165) is 72.7 Å². The predicted octanol–water partition coefficient (Wildman–Crippen LogP) is 4.79. The molecule has 2 aliphatic rings. The van der Waals surface area contributed by atoms with Crippen LogP contribution in [0.1, 0.15) is 42.1 Å². The van der Waals surface area contributed by atoms with Crippen LogP contribution in [0.25, 0.3) is 22.5 Å². The number of rotatable bonds is 3. The van der Waals surface area contributed by atoms with E-state index in [9.17, 15) is 0 Å². The van der Waals surface area contributed by atoms with Gasteiger partial charge in [-0.25, -0.2) is 0 Å². The Morgan fingerprint density at radius 3 is 2.56 bits per heavy atom. The molecule has 4 nitrogen and oxygen atoms in total. The molecular weight excluding hydrogens is 334 g/mol. The minimum Gasteiger partial charge on any atom is -0.460 e. The van der Waals surface area contributed by atoms with Gasteiger partial charge < -0.3 is 15.1 Å². The van der Waals surface area contributed by atoms with E-state index in [1.807, 2.05) is 24.5 Å². The molecule has 1 aromatic carbocycles. The number of aromatic nitrogens is 1. The molecule has 27 heavy (non-hydrogen) atoms. The first-order chi connectivity index (χ1) is 13.3. The van der Waals surface area contributed by atoms with Gasteiger partial charge in [-0.1, -0.05) is 18.2 Å². The summed E-state index contributed by atoms with van der Waals surface area (Å²) in [6.07, 6.45) is 7.67. The summed E-state index contributed by atoms with van der Waals surface area (Å²) in [5, 5.41) is 11.5. The van der Waals surface area contributed by atoms with Crippen LogP contribution in [0.15, 0.2) is 53.2 Å². The molecule has 1 fully saturated rings. The van der Waals surface area contributed by atoms with E-state index in [-0.39, 0.29) is 0 Å². The molecule has 0 amide bonds. The van der Waals surface area contributed by atoms with Gasteiger partial charge in [-0.05, 0) is 73.7 Å². The van der Waals surface area contributed by atoms with Crippen molar-refractivity contribution in [2.45, 2.75) is 31.6 Å². The van der Waals surface area contributed by atoms with Crippen molar-refractivity contribution in [2.24, 2.45) is 0 Å². The standard InChI is InChI=1S/C23H23N3O/c24-21-4-2-17-13-18(1-3-19(17)21)20-14-22(15-5-9-25-10-6-15)27-23(20)16-7-11-26-12-8-16/h1,3,7-8,11-15,24-25H,2,4-6,9-10H2. The molecule has 0 radical (unpaired) electrons. The van der Waals surface area contributed by atoms with Crippen molar-refractivity contribution in [1.82, 2.24) is 10.3 Å². The number of piperidine rings is 1. The Bertz CT molecular complexity index is 984. The van der Waals surface area contributed by atoms with Gasteiger partial charge in [-0.2, -0.15) is 0 Å². The van der Waals surface area contributed by atoms with Gasteiger partial charge in [-0.3, -0.25) is 4.98 Å². The highest BCUT2D eigenvalue weighted by Crippen LogP contribution is 2.40. The number of fused-ring (bicyclic) bond motifs is 1. The lowest BCUT2D eigenvalue weighted by molar-refractivity contribution is 0.390. The fraction of sp³-hybridized carbons (Fsp3) is 0.304. The lowest BCUT2D eigenvalue weighted by Crippen LogP contribution is -2.26.